The molecule has 3 heterocycles. The molecule has 2 atom stereocenters. The Hall–Kier alpha value is -2.34. The Morgan fingerprint density at radius 1 is 1.29 bits per heavy atom. The summed E-state index contributed by atoms with van der Waals surface area (Å²) in [5.41, 5.74) is 0.307. The van der Waals surface area contributed by atoms with Gasteiger partial charge in [0.2, 0.25) is 5.91 Å². The van der Waals surface area contributed by atoms with Crippen LogP contribution in [0.1, 0.15) is 22.3 Å². The fraction of sp³-hybridized carbons (Fsp3) is 0.529. The van der Waals surface area contributed by atoms with E-state index in [1.807, 2.05) is 0 Å². The summed E-state index contributed by atoms with van der Waals surface area (Å²) in [7, 11) is 0. The van der Waals surface area contributed by atoms with Crippen LogP contribution in [0.5, 0.6) is 11.5 Å². The van der Waals surface area contributed by atoms with Crippen LogP contribution in [0, 0.1) is 0 Å². The summed E-state index contributed by atoms with van der Waals surface area (Å²) in [6.07, 6.45) is -0.304. The van der Waals surface area contributed by atoms with Crippen molar-refractivity contribution < 1.29 is 39.2 Å². The summed E-state index contributed by atoms with van der Waals surface area (Å²) in [4.78, 5) is 25.7. The van der Waals surface area contributed by atoms with E-state index >= 15 is 0 Å². The van der Waals surface area contributed by atoms with E-state index in [1.54, 1.807) is 11.0 Å². The maximum Gasteiger partial charge on any atom is 0.430 e. The number of benzene rings is 1. The Bertz CT molecular complexity index is 811. The lowest BCUT2D eigenvalue weighted by molar-refractivity contribution is -0.144. The third-order valence-electron chi connectivity index (χ3n) is 5.42. The summed E-state index contributed by atoms with van der Waals surface area (Å²) < 4.78 is 10.9. The zero-order chi connectivity index (χ0) is 20.1. The average Bonchev–Trinajstić information content (AvgIpc) is 3.01. The lowest BCUT2D eigenvalue weighted by Gasteiger charge is -2.41. The third kappa shape index (κ3) is 3.41. The Morgan fingerprint density at radius 2 is 2.04 bits per heavy atom. The van der Waals surface area contributed by atoms with Gasteiger partial charge in [0.15, 0.2) is 0 Å². The average molecular weight is 393 g/mol. The van der Waals surface area contributed by atoms with Crippen molar-refractivity contribution in [2.45, 2.75) is 37.4 Å². The van der Waals surface area contributed by atoms with E-state index in [0.29, 0.717) is 18.5 Å². The van der Waals surface area contributed by atoms with Crippen molar-refractivity contribution in [3.05, 3.63) is 23.3 Å². The number of carbonyl (C=O) groups excluding carboxylic acids is 1. The molecule has 11 heteroatoms. The lowest BCUT2D eigenvalue weighted by Crippen LogP contribution is -2.61. The topological polar surface area (TPSA) is 149 Å². The number of carboxylic acids is 1. The second-order valence-corrected chi connectivity index (χ2v) is 7.52. The molecule has 1 aromatic carbocycles. The van der Waals surface area contributed by atoms with Gasteiger partial charge in [-0.2, -0.15) is 0 Å². The number of hydrogen-bond donors (Lipinski definition) is 5. The Balaban J connectivity index is 1.46. The number of carboxylic acid groups (broad SMARTS) is 1. The Kier molecular flexibility index (Phi) is 4.70. The predicted octanol–water partition coefficient (Wildman–Crippen LogP) is -1.44. The molecule has 0 saturated carbocycles. The fourth-order valence-electron chi connectivity index (χ4n) is 3.84. The molecule has 152 valence electrons. The molecule has 3 aliphatic rings. The van der Waals surface area contributed by atoms with E-state index < -0.39 is 31.0 Å². The van der Waals surface area contributed by atoms with Gasteiger partial charge in [-0.05, 0) is 31.0 Å². The molecular weight excluding hydrogens is 371 g/mol. The number of aliphatic hydroxyl groups excluding tert-OH is 1. The summed E-state index contributed by atoms with van der Waals surface area (Å²) in [6, 6.07) is 2.55. The summed E-state index contributed by atoms with van der Waals surface area (Å²) >= 11 is 0. The van der Waals surface area contributed by atoms with Gasteiger partial charge >= 0.3 is 12.7 Å². The largest absolute Gasteiger partial charge is 0.669 e. The summed E-state index contributed by atoms with van der Waals surface area (Å²) in [6.45, 7) is -1.97. The van der Waals surface area contributed by atoms with Crippen LogP contribution in [0.25, 0.3) is 0 Å². The van der Waals surface area contributed by atoms with Crippen molar-refractivity contribution in [2.24, 2.45) is 0 Å². The first kappa shape index (κ1) is 19.0. The van der Waals surface area contributed by atoms with Gasteiger partial charge in [0.25, 0.3) is 0 Å². The number of ether oxygens (including phenoxy) is 1. The normalized spacial score (nSPS) is 26.2. The minimum absolute atomic E-state index is 0.00693. The van der Waals surface area contributed by atoms with E-state index in [9.17, 15) is 29.9 Å². The standard InChI is InChI=1S/C17H22BN2O8/c21-11-4-6-19-14(11)16(22)20-7-10(8-20)27-12-2-1-9-3-5-18(25,26)28-15(9)13(12)17(23)24/h1-2,10-11,14,19,21,25-26H,3-8H2,(H,23,24)/q-1/t11-,14?/m1/s1. The molecule has 5 N–H and O–H groups in total. The molecule has 0 radical (unpaired) electrons. The summed E-state index contributed by atoms with van der Waals surface area (Å²) in [5, 5.41) is 41.9. The van der Waals surface area contributed by atoms with Crippen LogP contribution in [0.3, 0.4) is 0 Å². The van der Waals surface area contributed by atoms with E-state index in [0.717, 1.165) is 0 Å². The van der Waals surface area contributed by atoms with Gasteiger partial charge in [-0.25, -0.2) is 4.79 Å². The zero-order valence-electron chi connectivity index (χ0n) is 15.1. The minimum atomic E-state index is -3.10. The second-order valence-electron chi connectivity index (χ2n) is 7.52. The van der Waals surface area contributed by atoms with Crippen molar-refractivity contribution >= 4 is 18.6 Å². The number of amides is 1. The summed E-state index contributed by atoms with van der Waals surface area (Å²) in [5.74, 6) is -1.54. The van der Waals surface area contributed by atoms with Crippen molar-refractivity contribution in [1.29, 1.82) is 0 Å². The van der Waals surface area contributed by atoms with Gasteiger partial charge in [0.05, 0.1) is 24.9 Å². The minimum Gasteiger partial charge on any atom is -0.669 e. The number of nitrogens with zero attached hydrogens (tertiary/aromatic N) is 1. The number of nitrogens with one attached hydrogen (secondary N) is 1. The number of aryl methyl sites for hydroxylation is 1. The van der Waals surface area contributed by atoms with Gasteiger partial charge in [-0.3, -0.25) is 4.79 Å². The molecule has 1 unspecified atom stereocenters. The Labute approximate surface area is 160 Å². The van der Waals surface area contributed by atoms with Crippen LogP contribution in [0.15, 0.2) is 12.1 Å². The molecule has 1 amide bonds. The van der Waals surface area contributed by atoms with Crippen LogP contribution in [-0.4, -0.2) is 81.7 Å². The van der Waals surface area contributed by atoms with Gasteiger partial charge in [0.1, 0.15) is 23.5 Å². The highest BCUT2D eigenvalue weighted by molar-refractivity contribution is 6.59. The van der Waals surface area contributed by atoms with Gasteiger partial charge in [-0.15, -0.1) is 0 Å². The third-order valence-corrected chi connectivity index (χ3v) is 5.42. The van der Waals surface area contributed by atoms with E-state index in [-0.39, 0.29) is 48.8 Å². The molecule has 0 spiro atoms. The van der Waals surface area contributed by atoms with Crippen molar-refractivity contribution in [3.8, 4) is 11.5 Å². The molecule has 2 saturated heterocycles. The molecule has 28 heavy (non-hydrogen) atoms. The monoisotopic (exact) mass is 393 g/mol. The second kappa shape index (κ2) is 6.92. The SMILES string of the molecule is O=C(O)c1c(OC2CN(C(=O)C3NCC[C@H]3O)C2)ccc2c1O[B-](O)(O)CC2. The number of hydrogen-bond acceptors (Lipinski definition) is 8. The van der Waals surface area contributed by atoms with Crippen molar-refractivity contribution in [2.75, 3.05) is 19.6 Å². The van der Waals surface area contributed by atoms with E-state index in [4.69, 9.17) is 9.39 Å². The van der Waals surface area contributed by atoms with Crippen LogP contribution in [0.2, 0.25) is 6.32 Å². The molecule has 0 bridgehead atoms. The lowest BCUT2D eigenvalue weighted by atomic mass is 9.70. The van der Waals surface area contributed by atoms with E-state index in [1.165, 1.54) is 6.07 Å². The van der Waals surface area contributed by atoms with Crippen LogP contribution in [-0.2, 0) is 11.2 Å². The van der Waals surface area contributed by atoms with Crippen molar-refractivity contribution in [3.63, 3.8) is 0 Å². The molecular formula is C17H22BN2O8-. The number of rotatable bonds is 4. The highest BCUT2D eigenvalue weighted by atomic mass is 16.6. The van der Waals surface area contributed by atoms with E-state index in [2.05, 4.69) is 5.32 Å². The smallest absolute Gasteiger partial charge is 0.430 e. The highest BCUT2D eigenvalue weighted by Crippen LogP contribution is 2.39. The van der Waals surface area contributed by atoms with Gasteiger partial charge < -0.3 is 39.9 Å². The first-order valence-electron chi connectivity index (χ1n) is 9.30. The molecule has 4 rings (SSSR count). The first-order chi connectivity index (χ1) is 13.2. The molecule has 3 aliphatic heterocycles. The van der Waals surface area contributed by atoms with Gasteiger partial charge in [-0.1, -0.05) is 12.4 Å². The number of carbonyl (C=O) groups is 2. The molecule has 10 nitrogen and oxygen atoms in total. The predicted molar refractivity (Wildman–Crippen MR) is 96.1 cm³/mol. The maximum absolute atomic E-state index is 12.4. The van der Waals surface area contributed by atoms with Crippen LogP contribution in [0.4, 0.5) is 0 Å². The van der Waals surface area contributed by atoms with Crippen molar-refractivity contribution in [1.82, 2.24) is 10.2 Å². The quantitative estimate of drug-likeness (QED) is 0.388. The number of aliphatic hydroxyl groups is 1. The fourth-order valence-corrected chi connectivity index (χ4v) is 3.84. The molecule has 1 aromatic rings. The van der Waals surface area contributed by atoms with Crippen LogP contribution >= 0.6 is 0 Å². The molecule has 2 fully saturated rings. The molecule has 0 aromatic heterocycles. The number of likely N-dealkylation sites (tertiary alicyclic amines) is 1. The van der Waals surface area contributed by atoms with Gasteiger partial charge in [0, 0.05) is 0 Å². The first-order valence-corrected chi connectivity index (χ1v) is 9.30. The number of fused-ring (bicyclic) bond motifs is 1. The number of aromatic carboxylic acids is 1. The van der Waals surface area contributed by atoms with Crippen LogP contribution < -0.4 is 14.7 Å². The Morgan fingerprint density at radius 3 is 2.68 bits per heavy atom. The molecule has 0 aliphatic carbocycles. The zero-order valence-corrected chi connectivity index (χ0v) is 15.1. The maximum atomic E-state index is 12.4. The highest BCUT2D eigenvalue weighted by Gasteiger charge is 2.41.